The topological polar surface area (TPSA) is 39.4 Å². The van der Waals surface area contributed by atoms with Crippen molar-refractivity contribution in [1.29, 1.82) is 0 Å². The molecule has 0 saturated heterocycles. The predicted molar refractivity (Wildman–Crippen MR) is 88.0 cm³/mol. The minimum atomic E-state index is -0.415. The summed E-state index contributed by atoms with van der Waals surface area (Å²) in [5.41, 5.74) is 2.46. The number of carbonyl (C=O) groups excluding carboxylic acids is 1. The van der Waals surface area contributed by atoms with Crippen LogP contribution in [-0.4, -0.2) is 13.1 Å². The number of fused-ring (bicyclic) bond motifs is 5. The van der Waals surface area contributed by atoms with Crippen LogP contribution >= 0.6 is 0 Å². The number of hydrogen-bond donors (Lipinski definition) is 0. The summed E-state index contributed by atoms with van der Waals surface area (Å²) in [6, 6.07) is 2.08. The van der Waals surface area contributed by atoms with Gasteiger partial charge in [0.05, 0.1) is 18.8 Å². The number of furan rings is 1. The molecule has 124 valence electrons. The summed E-state index contributed by atoms with van der Waals surface area (Å²) in [5, 5.41) is 0. The maximum Gasteiger partial charge on any atom is 0.312 e. The summed E-state index contributed by atoms with van der Waals surface area (Å²) in [4.78, 5) is 13.1. The van der Waals surface area contributed by atoms with Crippen LogP contribution in [-0.2, 0) is 16.0 Å². The number of aryl methyl sites for hydroxylation is 1. The van der Waals surface area contributed by atoms with Crippen molar-refractivity contribution in [3.63, 3.8) is 0 Å². The number of methoxy groups -OCH3 is 1. The molecule has 4 atom stereocenters. The summed E-state index contributed by atoms with van der Waals surface area (Å²) >= 11 is 0. The Labute approximate surface area is 138 Å². The Balaban J connectivity index is 1.89. The molecule has 0 bridgehead atoms. The van der Waals surface area contributed by atoms with Crippen LogP contribution in [0.4, 0.5) is 0 Å². The van der Waals surface area contributed by atoms with Crippen LogP contribution < -0.4 is 0 Å². The first kappa shape index (κ1) is 15.0. The van der Waals surface area contributed by atoms with Crippen molar-refractivity contribution >= 4 is 5.97 Å². The van der Waals surface area contributed by atoms with Crippen LogP contribution in [0, 0.1) is 16.7 Å². The van der Waals surface area contributed by atoms with Gasteiger partial charge in [-0.3, -0.25) is 4.79 Å². The van der Waals surface area contributed by atoms with Gasteiger partial charge in [-0.25, -0.2) is 0 Å². The molecule has 3 aliphatic carbocycles. The van der Waals surface area contributed by atoms with E-state index in [9.17, 15) is 4.79 Å². The summed E-state index contributed by atoms with van der Waals surface area (Å²) in [6.07, 6.45) is 10.3. The van der Waals surface area contributed by atoms with Gasteiger partial charge in [0.2, 0.25) is 0 Å². The number of esters is 1. The van der Waals surface area contributed by atoms with Gasteiger partial charge in [0, 0.05) is 5.92 Å². The molecule has 0 spiro atoms. The molecule has 4 rings (SSSR count). The first-order chi connectivity index (χ1) is 11.0. The second-order valence-corrected chi connectivity index (χ2v) is 7.87. The lowest BCUT2D eigenvalue weighted by Crippen LogP contribution is -2.56. The van der Waals surface area contributed by atoms with Gasteiger partial charge >= 0.3 is 5.97 Å². The van der Waals surface area contributed by atoms with Crippen molar-refractivity contribution in [3.8, 4) is 0 Å². The van der Waals surface area contributed by atoms with E-state index in [0.717, 1.165) is 44.3 Å². The van der Waals surface area contributed by atoms with E-state index in [0.29, 0.717) is 5.92 Å². The van der Waals surface area contributed by atoms with E-state index in [1.165, 1.54) is 11.1 Å². The Bertz CT molecular complexity index is 670. The van der Waals surface area contributed by atoms with Gasteiger partial charge in [0.15, 0.2) is 0 Å². The largest absolute Gasteiger partial charge is 0.469 e. The predicted octanol–water partition coefficient (Wildman–Crippen LogP) is 4.63. The van der Waals surface area contributed by atoms with Gasteiger partial charge in [-0.2, -0.15) is 0 Å². The molecule has 3 nitrogen and oxygen atoms in total. The monoisotopic (exact) mass is 314 g/mol. The van der Waals surface area contributed by atoms with Gasteiger partial charge in [-0.05, 0) is 68.4 Å². The third kappa shape index (κ3) is 1.79. The molecule has 1 aromatic rings. The highest BCUT2D eigenvalue weighted by Gasteiger charge is 2.63. The highest BCUT2D eigenvalue weighted by molar-refractivity contribution is 5.80. The smallest absolute Gasteiger partial charge is 0.312 e. The highest BCUT2D eigenvalue weighted by Crippen LogP contribution is 2.66. The van der Waals surface area contributed by atoms with E-state index in [-0.39, 0.29) is 17.3 Å². The molecule has 1 saturated carbocycles. The summed E-state index contributed by atoms with van der Waals surface area (Å²) in [7, 11) is 1.54. The number of allylic oxidation sites excluding steroid dienone is 2. The molecule has 23 heavy (non-hydrogen) atoms. The van der Waals surface area contributed by atoms with Crippen LogP contribution in [0.25, 0.3) is 0 Å². The van der Waals surface area contributed by atoms with Crippen LogP contribution in [0.2, 0.25) is 0 Å². The van der Waals surface area contributed by atoms with Crippen molar-refractivity contribution in [3.05, 3.63) is 35.3 Å². The maximum absolute atomic E-state index is 13.1. The highest BCUT2D eigenvalue weighted by atomic mass is 16.5. The van der Waals surface area contributed by atoms with Crippen molar-refractivity contribution in [2.45, 2.75) is 58.3 Å². The zero-order valence-corrected chi connectivity index (χ0v) is 14.4. The lowest BCUT2D eigenvalue weighted by molar-refractivity contribution is -0.170. The van der Waals surface area contributed by atoms with Gasteiger partial charge in [0.1, 0.15) is 5.76 Å². The van der Waals surface area contributed by atoms with Gasteiger partial charge in [-0.1, -0.05) is 18.6 Å². The van der Waals surface area contributed by atoms with E-state index in [4.69, 9.17) is 9.15 Å². The zero-order chi connectivity index (χ0) is 16.2. The summed E-state index contributed by atoms with van der Waals surface area (Å²) in [5.74, 6) is 1.56. The number of ether oxygens (including phenoxy) is 1. The fourth-order valence-corrected chi connectivity index (χ4v) is 5.93. The number of rotatable bonds is 1. The average Bonchev–Trinajstić information content (AvgIpc) is 3.03. The molecular formula is C20H26O3. The third-order valence-corrected chi connectivity index (χ3v) is 7.24. The molecule has 0 N–H and O–H groups in total. The molecule has 3 heteroatoms. The van der Waals surface area contributed by atoms with E-state index in [2.05, 4.69) is 26.0 Å². The molecule has 3 aliphatic rings. The SMILES string of the molecule is COC(=O)C12CCc3ccoc3C1CCC1(C)C(C)=CCCC12. The van der Waals surface area contributed by atoms with Crippen LogP contribution in [0.5, 0.6) is 0 Å². The summed E-state index contributed by atoms with van der Waals surface area (Å²) < 4.78 is 11.2. The molecule has 1 fully saturated rings. The zero-order valence-electron chi connectivity index (χ0n) is 14.4. The summed E-state index contributed by atoms with van der Waals surface area (Å²) in [6.45, 7) is 4.61. The van der Waals surface area contributed by atoms with Gasteiger partial charge in [0.25, 0.3) is 0 Å². The lowest BCUT2D eigenvalue weighted by atomic mass is 9.44. The van der Waals surface area contributed by atoms with Crippen molar-refractivity contribution in [1.82, 2.24) is 0 Å². The van der Waals surface area contributed by atoms with E-state index in [1.807, 2.05) is 0 Å². The van der Waals surface area contributed by atoms with Gasteiger partial charge in [-0.15, -0.1) is 0 Å². The van der Waals surface area contributed by atoms with E-state index in [1.54, 1.807) is 13.4 Å². The minimum Gasteiger partial charge on any atom is -0.469 e. The third-order valence-electron chi connectivity index (χ3n) is 7.24. The average molecular weight is 314 g/mol. The second kappa shape index (κ2) is 4.99. The first-order valence-electron chi connectivity index (χ1n) is 8.86. The van der Waals surface area contributed by atoms with Crippen LogP contribution in [0.15, 0.2) is 28.4 Å². The number of hydrogen-bond acceptors (Lipinski definition) is 3. The Kier molecular flexibility index (Phi) is 3.26. The Morgan fingerprint density at radius 3 is 2.96 bits per heavy atom. The first-order valence-corrected chi connectivity index (χ1v) is 8.86. The molecule has 0 aromatic carbocycles. The standard InChI is InChI=1S/C20H26O3/c1-13-5-4-6-16-19(13,2)10-8-15-17-14(9-12-23-17)7-11-20(15,16)18(21)22-3/h5,9,12,15-16H,4,6-8,10-11H2,1-3H3. The molecule has 1 heterocycles. The van der Waals surface area contributed by atoms with Crippen molar-refractivity contribution in [2.24, 2.45) is 16.7 Å². The molecule has 0 amide bonds. The van der Waals surface area contributed by atoms with Crippen molar-refractivity contribution < 1.29 is 13.9 Å². The normalized spacial score (nSPS) is 38.8. The minimum absolute atomic E-state index is 0.0184. The number of carbonyl (C=O) groups is 1. The Morgan fingerprint density at radius 2 is 2.17 bits per heavy atom. The quantitative estimate of drug-likeness (QED) is 0.560. The fraction of sp³-hybridized carbons (Fsp3) is 0.650. The van der Waals surface area contributed by atoms with E-state index < -0.39 is 5.41 Å². The Morgan fingerprint density at radius 1 is 1.35 bits per heavy atom. The molecule has 1 aromatic heterocycles. The maximum atomic E-state index is 13.1. The molecule has 4 unspecified atom stereocenters. The van der Waals surface area contributed by atoms with E-state index >= 15 is 0 Å². The Hall–Kier alpha value is -1.51. The fourth-order valence-electron chi connectivity index (χ4n) is 5.93. The van der Waals surface area contributed by atoms with Crippen LogP contribution in [0.1, 0.15) is 63.2 Å². The van der Waals surface area contributed by atoms with Crippen molar-refractivity contribution in [2.75, 3.05) is 7.11 Å². The molecule has 0 radical (unpaired) electrons. The molecule has 0 aliphatic heterocycles. The molecular weight excluding hydrogens is 288 g/mol. The lowest BCUT2D eigenvalue weighted by Gasteiger charge is -2.58. The van der Waals surface area contributed by atoms with Crippen LogP contribution in [0.3, 0.4) is 0 Å². The second-order valence-electron chi connectivity index (χ2n) is 7.87. The van der Waals surface area contributed by atoms with Gasteiger partial charge < -0.3 is 9.15 Å².